The number of hydrogen-bond acceptors (Lipinski definition) is 2. The molecule has 0 N–H and O–H groups in total. The monoisotopic (exact) mass is 397 g/mol. The Morgan fingerprint density at radius 3 is 2.30 bits per heavy atom. The van der Waals surface area contributed by atoms with Gasteiger partial charge in [-0.3, -0.25) is 0 Å². The summed E-state index contributed by atoms with van der Waals surface area (Å²) < 4.78 is 9.78. The molecule has 4 heteroatoms. The molecule has 0 aliphatic carbocycles. The Hall–Kier alpha value is -3.66. The van der Waals surface area contributed by atoms with Crippen molar-refractivity contribution in [3.05, 3.63) is 103 Å². The van der Waals surface area contributed by atoms with Gasteiger partial charge in [0.15, 0.2) is 0 Å². The highest BCUT2D eigenvalue weighted by atomic mass is 16.5. The average molecular weight is 397 g/mol. The molecule has 0 saturated carbocycles. The molecular weight excluding hydrogens is 372 g/mol. The highest BCUT2D eigenvalue weighted by Gasteiger charge is 2.11. The van der Waals surface area contributed by atoms with Crippen molar-refractivity contribution in [3.63, 3.8) is 0 Å². The smallest absolute Gasteiger partial charge is 0.343 e. The number of nitrogens with zero attached hydrogens (tertiary/aromatic N) is 2. The highest BCUT2D eigenvalue weighted by Crippen LogP contribution is 2.21. The molecule has 0 bridgehead atoms. The third-order valence-electron chi connectivity index (χ3n) is 5.03. The summed E-state index contributed by atoms with van der Waals surface area (Å²) >= 11 is 0. The van der Waals surface area contributed by atoms with Crippen molar-refractivity contribution in [2.75, 3.05) is 0 Å². The summed E-state index contributed by atoms with van der Waals surface area (Å²) in [7, 11) is 0. The van der Waals surface area contributed by atoms with Crippen molar-refractivity contribution >= 4 is 5.97 Å². The number of aromatic nitrogens is 2. The molecule has 1 heterocycles. The Labute approximate surface area is 177 Å². The Balaban J connectivity index is 1.40. The Morgan fingerprint density at radius 1 is 0.900 bits per heavy atom. The number of ether oxygens (including phenoxy) is 1. The van der Waals surface area contributed by atoms with Crippen LogP contribution in [0.3, 0.4) is 0 Å². The third-order valence-corrected chi connectivity index (χ3v) is 5.03. The van der Waals surface area contributed by atoms with Crippen molar-refractivity contribution in [2.24, 2.45) is 0 Å². The zero-order chi connectivity index (χ0) is 20.8. The minimum atomic E-state index is -0.360. The molecule has 3 aromatic carbocycles. The van der Waals surface area contributed by atoms with E-state index in [1.165, 1.54) is 6.42 Å². The molecule has 0 saturated heterocycles. The zero-order valence-corrected chi connectivity index (χ0v) is 17.1. The number of unbranched alkanes of at least 4 members (excludes halogenated alkanes) is 1. The van der Waals surface area contributed by atoms with Crippen molar-refractivity contribution in [2.45, 2.75) is 26.3 Å². The number of carbonyl (C=O) groups excluding carboxylic acids is 1. The molecule has 0 aliphatic heterocycles. The first-order chi connectivity index (χ1) is 14.7. The van der Waals surface area contributed by atoms with Crippen LogP contribution in [0.2, 0.25) is 0 Å². The molecule has 0 aliphatic rings. The van der Waals surface area contributed by atoms with E-state index in [9.17, 15) is 4.79 Å². The average Bonchev–Trinajstić information content (AvgIpc) is 3.28. The van der Waals surface area contributed by atoms with Crippen molar-refractivity contribution in [1.29, 1.82) is 0 Å². The highest BCUT2D eigenvalue weighted by molar-refractivity contribution is 5.91. The summed E-state index contributed by atoms with van der Waals surface area (Å²) in [4.78, 5) is 12.5. The van der Waals surface area contributed by atoms with Crippen LogP contribution < -0.4 is 9.30 Å². The first-order valence-corrected chi connectivity index (χ1v) is 10.3. The minimum absolute atomic E-state index is 0.360. The van der Waals surface area contributed by atoms with Gasteiger partial charge in [0.1, 0.15) is 23.8 Å². The summed E-state index contributed by atoms with van der Waals surface area (Å²) in [6, 6.07) is 25.1. The van der Waals surface area contributed by atoms with Crippen LogP contribution in [0, 0.1) is 0 Å². The van der Waals surface area contributed by atoms with Crippen LogP contribution in [0.1, 0.15) is 30.1 Å². The molecule has 150 valence electrons. The van der Waals surface area contributed by atoms with Gasteiger partial charge in [-0.05, 0) is 53.9 Å². The number of aryl methyl sites for hydroxylation is 1. The lowest BCUT2D eigenvalue weighted by Crippen LogP contribution is -2.30. The Bertz CT molecular complexity index is 1100. The SMILES string of the molecule is CCCC[n+]1ccn(-c2ccc(OC(=O)c3ccc(-c4ccccc4)cc3)cc2)c1. The van der Waals surface area contributed by atoms with Gasteiger partial charge in [0, 0.05) is 0 Å². The van der Waals surface area contributed by atoms with Crippen molar-refractivity contribution in [1.82, 2.24) is 4.57 Å². The van der Waals surface area contributed by atoms with Gasteiger partial charge in [0.05, 0.1) is 12.1 Å². The molecule has 4 nitrogen and oxygen atoms in total. The second kappa shape index (κ2) is 9.23. The van der Waals surface area contributed by atoms with Gasteiger partial charge in [-0.2, -0.15) is 0 Å². The van der Waals surface area contributed by atoms with Crippen molar-refractivity contribution in [3.8, 4) is 22.6 Å². The van der Waals surface area contributed by atoms with E-state index < -0.39 is 0 Å². The Kier molecular flexibility index (Phi) is 6.04. The van der Waals surface area contributed by atoms with Crippen LogP contribution in [0.4, 0.5) is 0 Å². The second-order valence-electron chi connectivity index (χ2n) is 7.24. The predicted molar refractivity (Wildman–Crippen MR) is 118 cm³/mol. The fourth-order valence-corrected chi connectivity index (χ4v) is 3.30. The number of rotatable bonds is 7. The van der Waals surface area contributed by atoms with E-state index in [-0.39, 0.29) is 5.97 Å². The van der Waals surface area contributed by atoms with Crippen LogP contribution >= 0.6 is 0 Å². The summed E-state index contributed by atoms with van der Waals surface area (Å²) in [6.07, 6.45) is 8.52. The molecule has 0 fully saturated rings. The fraction of sp³-hybridized carbons (Fsp3) is 0.154. The lowest BCUT2D eigenvalue weighted by atomic mass is 10.0. The number of hydrogen-bond donors (Lipinski definition) is 0. The number of carbonyl (C=O) groups is 1. The fourth-order valence-electron chi connectivity index (χ4n) is 3.30. The summed E-state index contributed by atoms with van der Waals surface area (Å²) in [6.45, 7) is 3.21. The van der Waals surface area contributed by atoms with Crippen LogP contribution in [0.25, 0.3) is 16.8 Å². The maximum absolute atomic E-state index is 12.5. The lowest BCUT2D eigenvalue weighted by molar-refractivity contribution is -0.696. The van der Waals surface area contributed by atoms with Crippen LogP contribution in [-0.4, -0.2) is 10.5 Å². The van der Waals surface area contributed by atoms with Gasteiger partial charge in [0.2, 0.25) is 6.33 Å². The normalized spacial score (nSPS) is 10.7. The lowest BCUT2D eigenvalue weighted by Gasteiger charge is -2.06. The third kappa shape index (κ3) is 4.66. The maximum atomic E-state index is 12.5. The molecule has 0 unspecified atom stereocenters. The van der Waals surface area contributed by atoms with Gasteiger partial charge in [-0.25, -0.2) is 13.9 Å². The minimum Gasteiger partial charge on any atom is -0.423 e. The maximum Gasteiger partial charge on any atom is 0.343 e. The Morgan fingerprint density at radius 2 is 1.60 bits per heavy atom. The first-order valence-electron chi connectivity index (χ1n) is 10.3. The number of benzene rings is 3. The molecule has 0 radical (unpaired) electrons. The standard InChI is InChI=1S/C26H25N2O2/c1-2-3-17-27-18-19-28(20-27)24-13-15-25(16-14-24)30-26(29)23-11-9-22(10-12-23)21-7-5-4-6-8-21/h4-16,18-20H,2-3,17H2,1H3/q+1. The number of imidazole rings is 1. The quantitative estimate of drug-likeness (QED) is 0.236. The molecule has 30 heavy (non-hydrogen) atoms. The first kappa shape index (κ1) is 19.6. The van der Waals surface area contributed by atoms with E-state index >= 15 is 0 Å². The topological polar surface area (TPSA) is 35.1 Å². The van der Waals surface area contributed by atoms with E-state index in [1.807, 2.05) is 72.9 Å². The van der Waals surface area contributed by atoms with Gasteiger partial charge in [0.25, 0.3) is 0 Å². The molecule has 4 rings (SSSR count). The molecule has 4 aromatic rings. The molecule has 1 aromatic heterocycles. The molecule has 0 amide bonds. The van der Waals surface area contributed by atoms with Gasteiger partial charge >= 0.3 is 5.97 Å². The van der Waals surface area contributed by atoms with Crippen molar-refractivity contribution < 1.29 is 14.1 Å². The second-order valence-corrected chi connectivity index (χ2v) is 7.24. The van der Waals surface area contributed by atoms with Crippen LogP contribution in [-0.2, 0) is 6.54 Å². The number of esters is 1. The van der Waals surface area contributed by atoms with Gasteiger partial charge in [-0.15, -0.1) is 0 Å². The van der Waals surface area contributed by atoms with Gasteiger partial charge in [-0.1, -0.05) is 55.8 Å². The van der Waals surface area contributed by atoms with Crippen LogP contribution in [0.5, 0.6) is 5.75 Å². The molecule has 0 spiro atoms. The zero-order valence-electron chi connectivity index (χ0n) is 17.1. The van der Waals surface area contributed by atoms with E-state index in [2.05, 4.69) is 28.6 Å². The summed E-state index contributed by atoms with van der Waals surface area (Å²) in [5.41, 5.74) is 3.74. The van der Waals surface area contributed by atoms with E-state index in [0.717, 1.165) is 29.8 Å². The predicted octanol–water partition coefficient (Wildman–Crippen LogP) is 5.45. The van der Waals surface area contributed by atoms with Gasteiger partial charge < -0.3 is 4.74 Å². The molecule has 0 atom stereocenters. The summed E-state index contributed by atoms with van der Waals surface area (Å²) in [5, 5.41) is 0. The summed E-state index contributed by atoms with van der Waals surface area (Å²) in [5.74, 6) is 0.169. The van der Waals surface area contributed by atoms with E-state index in [1.54, 1.807) is 12.1 Å². The van der Waals surface area contributed by atoms with Crippen LogP contribution in [0.15, 0.2) is 97.6 Å². The van der Waals surface area contributed by atoms with E-state index in [0.29, 0.717) is 11.3 Å². The largest absolute Gasteiger partial charge is 0.423 e. The molecular formula is C26H25N2O2+. The van der Waals surface area contributed by atoms with E-state index in [4.69, 9.17) is 4.74 Å².